The first-order valence-corrected chi connectivity index (χ1v) is 14.3. The molecule has 15 heteroatoms. The molecule has 0 saturated carbocycles. The van der Waals surface area contributed by atoms with E-state index in [4.69, 9.17) is 20.9 Å². The number of imidazole rings is 1. The van der Waals surface area contributed by atoms with Crippen molar-refractivity contribution in [2.24, 2.45) is 13.0 Å². The Kier molecular flexibility index (Phi) is 6.10. The Morgan fingerprint density at radius 1 is 1.11 bits per heavy atom. The van der Waals surface area contributed by atoms with Crippen LogP contribution in [0.25, 0.3) is 27.7 Å². The van der Waals surface area contributed by atoms with E-state index < -0.39 is 31.6 Å². The minimum Gasteiger partial charge on any atom is -0.476 e. The standard InChI is InChI=1S/C20H22ClN5O7S2/c1-11(2)10-32-19-14(21)6-12(9-22-19)25-16-8-17-13(7-15(16)24(3)20(25)27)18(23-33-17)26(34(4,28)29)35(5,30)31/h6-9,11H,10H2,1-5H3. The molecule has 0 amide bonds. The summed E-state index contributed by atoms with van der Waals surface area (Å²) < 4.78 is 62.5. The molecule has 0 aliphatic rings. The summed E-state index contributed by atoms with van der Waals surface area (Å²) in [7, 11) is -6.99. The van der Waals surface area contributed by atoms with Gasteiger partial charge in [0.15, 0.2) is 5.58 Å². The van der Waals surface area contributed by atoms with Gasteiger partial charge in [-0.1, -0.05) is 30.6 Å². The van der Waals surface area contributed by atoms with Gasteiger partial charge in [-0.15, -0.1) is 3.71 Å². The maximum Gasteiger partial charge on any atom is 0.333 e. The molecule has 0 saturated heterocycles. The molecule has 0 unspecified atom stereocenters. The minimum atomic E-state index is -4.25. The molecule has 3 aromatic heterocycles. The number of rotatable bonds is 7. The smallest absolute Gasteiger partial charge is 0.333 e. The van der Waals surface area contributed by atoms with E-state index in [9.17, 15) is 21.6 Å². The first-order chi connectivity index (χ1) is 16.2. The van der Waals surface area contributed by atoms with Crippen molar-refractivity contribution in [3.63, 3.8) is 0 Å². The second-order valence-electron chi connectivity index (χ2n) is 8.43. The van der Waals surface area contributed by atoms with Gasteiger partial charge in [0, 0.05) is 13.1 Å². The van der Waals surface area contributed by atoms with Gasteiger partial charge in [0.2, 0.25) is 31.7 Å². The molecular formula is C20H22ClN5O7S2. The molecule has 0 aliphatic carbocycles. The van der Waals surface area contributed by atoms with Crippen molar-refractivity contribution in [3.05, 3.63) is 39.9 Å². The fraction of sp³-hybridized carbons (Fsp3) is 0.350. The zero-order valence-corrected chi connectivity index (χ0v) is 21.8. The van der Waals surface area contributed by atoms with Gasteiger partial charge in [-0.25, -0.2) is 26.6 Å². The van der Waals surface area contributed by atoms with E-state index in [1.54, 1.807) is 0 Å². The van der Waals surface area contributed by atoms with E-state index in [-0.39, 0.29) is 31.5 Å². The van der Waals surface area contributed by atoms with Crippen LogP contribution < -0.4 is 14.1 Å². The molecule has 4 rings (SSSR count). The highest BCUT2D eigenvalue weighted by molar-refractivity contribution is 8.09. The van der Waals surface area contributed by atoms with Gasteiger partial charge in [0.25, 0.3) is 0 Å². The SMILES string of the molecule is CC(C)COc1ncc(-n2c(=O)n(C)c3cc4c(N(S(C)(=O)=O)S(C)(=O)=O)noc4cc32)cc1Cl. The second kappa shape index (κ2) is 8.53. The summed E-state index contributed by atoms with van der Waals surface area (Å²) >= 11 is 6.33. The lowest BCUT2D eigenvalue weighted by atomic mass is 10.2. The highest BCUT2D eigenvalue weighted by Gasteiger charge is 2.32. The molecule has 1 aromatic carbocycles. The third-order valence-corrected chi connectivity index (χ3v) is 8.45. The summed E-state index contributed by atoms with van der Waals surface area (Å²) in [6.07, 6.45) is 2.92. The maximum atomic E-state index is 13.1. The molecule has 3 heterocycles. The lowest BCUT2D eigenvalue weighted by molar-refractivity contribution is 0.261. The molecule has 0 bridgehead atoms. The van der Waals surface area contributed by atoms with E-state index in [0.29, 0.717) is 23.3 Å². The monoisotopic (exact) mass is 543 g/mol. The summed E-state index contributed by atoms with van der Waals surface area (Å²) in [5.41, 5.74) is 0.728. The number of anilines is 1. The van der Waals surface area contributed by atoms with Crippen LogP contribution in [0.2, 0.25) is 5.02 Å². The summed E-state index contributed by atoms with van der Waals surface area (Å²) in [5.74, 6) is 0.0773. The summed E-state index contributed by atoms with van der Waals surface area (Å²) in [4.78, 5) is 17.3. The normalized spacial score (nSPS) is 12.7. The number of pyridine rings is 1. The third kappa shape index (κ3) is 4.48. The molecule has 35 heavy (non-hydrogen) atoms. The Hall–Kier alpha value is -3.10. The Morgan fingerprint density at radius 3 is 2.34 bits per heavy atom. The lowest BCUT2D eigenvalue weighted by Crippen LogP contribution is -2.35. The topological polar surface area (TPSA) is 147 Å². The lowest BCUT2D eigenvalue weighted by Gasteiger charge is -2.16. The van der Waals surface area contributed by atoms with Crippen LogP contribution in [0.3, 0.4) is 0 Å². The predicted octanol–water partition coefficient (Wildman–Crippen LogP) is 2.28. The summed E-state index contributed by atoms with van der Waals surface area (Å²) in [6.45, 7) is 4.39. The van der Waals surface area contributed by atoms with Gasteiger partial charge in [-0.3, -0.25) is 9.13 Å². The van der Waals surface area contributed by atoms with Crippen molar-refractivity contribution < 1.29 is 26.1 Å². The van der Waals surface area contributed by atoms with Crippen LogP contribution in [0.1, 0.15) is 13.8 Å². The number of sulfonamides is 2. The van der Waals surface area contributed by atoms with Gasteiger partial charge in [0.1, 0.15) is 5.02 Å². The van der Waals surface area contributed by atoms with Gasteiger partial charge in [-0.2, -0.15) is 0 Å². The van der Waals surface area contributed by atoms with E-state index >= 15 is 0 Å². The number of aromatic nitrogens is 4. The highest BCUT2D eigenvalue weighted by atomic mass is 35.5. The molecule has 188 valence electrons. The number of benzene rings is 1. The van der Waals surface area contributed by atoms with Gasteiger partial charge >= 0.3 is 5.69 Å². The quantitative estimate of drug-likeness (QED) is 0.342. The third-order valence-electron chi connectivity index (χ3n) is 5.01. The van der Waals surface area contributed by atoms with Gasteiger partial charge < -0.3 is 9.26 Å². The molecule has 0 atom stereocenters. The van der Waals surface area contributed by atoms with Crippen molar-refractivity contribution in [1.29, 1.82) is 0 Å². The molecule has 0 aliphatic heterocycles. The van der Waals surface area contributed by atoms with Crippen LogP contribution in [-0.4, -0.2) is 55.2 Å². The number of fused-ring (bicyclic) bond motifs is 2. The van der Waals surface area contributed by atoms with Crippen molar-refractivity contribution in [1.82, 2.24) is 19.3 Å². The number of hydrogen-bond donors (Lipinski definition) is 0. The van der Waals surface area contributed by atoms with Crippen LogP contribution in [0.5, 0.6) is 5.88 Å². The molecule has 0 radical (unpaired) electrons. The highest BCUT2D eigenvalue weighted by Crippen LogP contribution is 2.33. The number of aryl methyl sites for hydroxylation is 1. The molecule has 4 aromatic rings. The van der Waals surface area contributed by atoms with Crippen molar-refractivity contribution in [3.8, 4) is 11.6 Å². The first-order valence-electron chi connectivity index (χ1n) is 10.2. The van der Waals surface area contributed by atoms with E-state index in [0.717, 1.165) is 12.5 Å². The molecule has 0 spiro atoms. The minimum absolute atomic E-state index is 0.0695. The second-order valence-corrected chi connectivity index (χ2v) is 12.7. The Bertz CT molecular complexity index is 1700. The maximum absolute atomic E-state index is 13.1. The van der Waals surface area contributed by atoms with Crippen molar-refractivity contribution in [2.75, 3.05) is 22.8 Å². The van der Waals surface area contributed by atoms with Crippen LogP contribution >= 0.6 is 11.6 Å². The summed E-state index contributed by atoms with van der Waals surface area (Å²) in [6, 6.07) is 4.44. The van der Waals surface area contributed by atoms with Crippen molar-refractivity contribution in [2.45, 2.75) is 13.8 Å². The number of nitrogens with zero attached hydrogens (tertiary/aromatic N) is 5. The average molecular weight is 544 g/mol. The van der Waals surface area contributed by atoms with Crippen LogP contribution in [0.4, 0.5) is 5.82 Å². The molecule has 0 N–H and O–H groups in total. The zero-order valence-electron chi connectivity index (χ0n) is 19.4. The molecule has 12 nitrogen and oxygen atoms in total. The Balaban J connectivity index is 1.92. The fourth-order valence-electron chi connectivity index (χ4n) is 3.58. The van der Waals surface area contributed by atoms with E-state index in [2.05, 4.69) is 10.1 Å². The molecule has 0 fully saturated rings. The van der Waals surface area contributed by atoms with E-state index in [1.165, 1.54) is 40.6 Å². The number of halogens is 1. The summed E-state index contributed by atoms with van der Waals surface area (Å²) in [5, 5.41) is 4.00. The Labute approximate surface area is 205 Å². The number of hydrogen-bond acceptors (Lipinski definition) is 9. The number of ether oxygens (including phenoxy) is 1. The Morgan fingerprint density at radius 2 is 1.77 bits per heavy atom. The van der Waals surface area contributed by atoms with Gasteiger partial charge in [-0.05, 0) is 18.1 Å². The average Bonchev–Trinajstić information content (AvgIpc) is 3.22. The van der Waals surface area contributed by atoms with Crippen LogP contribution in [-0.2, 0) is 27.1 Å². The van der Waals surface area contributed by atoms with Crippen LogP contribution in [0, 0.1) is 5.92 Å². The first kappa shape index (κ1) is 25.0. The van der Waals surface area contributed by atoms with Gasteiger partial charge in [0.05, 0.1) is 47.4 Å². The largest absolute Gasteiger partial charge is 0.476 e. The van der Waals surface area contributed by atoms with Crippen LogP contribution in [0.15, 0.2) is 33.7 Å². The van der Waals surface area contributed by atoms with Crippen molar-refractivity contribution >= 4 is 59.5 Å². The molecular weight excluding hydrogens is 522 g/mol. The fourth-order valence-corrected chi connectivity index (χ4v) is 6.66. The zero-order chi connectivity index (χ0) is 25.9. The van der Waals surface area contributed by atoms with E-state index in [1.807, 2.05) is 13.8 Å². The predicted molar refractivity (Wildman–Crippen MR) is 131 cm³/mol.